The highest BCUT2D eigenvalue weighted by atomic mass is 32.1. The molecule has 0 atom stereocenters. The maximum Gasteiger partial charge on any atom is 0.274 e. The number of aromatic hydroxyl groups is 2. The van der Waals surface area contributed by atoms with Crippen LogP contribution in [-0.4, -0.2) is 34.3 Å². The molecule has 0 fully saturated rings. The standard InChI is InChI=1S/C21H20N2O5S2/c1-3-27-17-9-13(5-7-15(17)24)12-22-23-20(26)11-19(30-21(23)29)14-6-8-16(25)18(10-14)28-4-2/h5-12,24-25H,3-4H2,1-2H3. The maximum absolute atomic E-state index is 12.6. The first-order valence-corrected chi connectivity index (χ1v) is 10.4. The summed E-state index contributed by atoms with van der Waals surface area (Å²) in [6, 6.07) is 11.1. The van der Waals surface area contributed by atoms with Crippen molar-refractivity contribution in [2.24, 2.45) is 5.10 Å². The molecular formula is C21H20N2O5S2. The van der Waals surface area contributed by atoms with Crippen LogP contribution in [0.5, 0.6) is 23.0 Å². The molecule has 0 aliphatic rings. The van der Waals surface area contributed by atoms with Crippen molar-refractivity contribution in [2.75, 3.05) is 13.2 Å². The van der Waals surface area contributed by atoms with Gasteiger partial charge in [-0.2, -0.15) is 9.78 Å². The number of rotatable bonds is 7. The highest BCUT2D eigenvalue weighted by molar-refractivity contribution is 7.73. The summed E-state index contributed by atoms with van der Waals surface area (Å²) in [6.45, 7) is 4.46. The van der Waals surface area contributed by atoms with Crippen LogP contribution in [0.4, 0.5) is 0 Å². The van der Waals surface area contributed by atoms with Crippen LogP contribution in [0, 0.1) is 3.95 Å². The highest BCUT2D eigenvalue weighted by Crippen LogP contribution is 2.33. The number of aromatic nitrogens is 1. The Hall–Kier alpha value is -3.17. The van der Waals surface area contributed by atoms with Crippen LogP contribution >= 0.6 is 23.6 Å². The summed E-state index contributed by atoms with van der Waals surface area (Å²) in [5, 5.41) is 23.8. The Bertz CT molecular complexity index is 1170. The van der Waals surface area contributed by atoms with Crippen LogP contribution in [0.15, 0.2) is 52.4 Å². The van der Waals surface area contributed by atoms with E-state index in [1.54, 1.807) is 24.3 Å². The van der Waals surface area contributed by atoms with Crippen molar-refractivity contribution < 1.29 is 19.7 Å². The summed E-state index contributed by atoms with van der Waals surface area (Å²) in [6.07, 6.45) is 1.47. The van der Waals surface area contributed by atoms with Crippen LogP contribution in [0.1, 0.15) is 19.4 Å². The van der Waals surface area contributed by atoms with Crippen LogP contribution in [-0.2, 0) is 0 Å². The molecule has 3 aromatic rings. The molecular weight excluding hydrogens is 424 g/mol. The number of hydrogen-bond donors (Lipinski definition) is 2. The molecule has 156 valence electrons. The van der Waals surface area contributed by atoms with E-state index >= 15 is 0 Å². The minimum absolute atomic E-state index is 0.0296. The van der Waals surface area contributed by atoms with Gasteiger partial charge >= 0.3 is 0 Å². The van der Waals surface area contributed by atoms with Crippen molar-refractivity contribution in [3.8, 4) is 33.4 Å². The normalized spacial score (nSPS) is 11.0. The lowest BCUT2D eigenvalue weighted by Gasteiger charge is -2.08. The summed E-state index contributed by atoms with van der Waals surface area (Å²) in [4.78, 5) is 13.2. The molecule has 0 bridgehead atoms. The quantitative estimate of drug-likeness (QED) is 0.415. The molecule has 0 spiro atoms. The van der Waals surface area contributed by atoms with E-state index in [1.165, 1.54) is 35.8 Å². The molecule has 0 aliphatic heterocycles. The van der Waals surface area contributed by atoms with E-state index in [1.807, 2.05) is 13.8 Å². The number of hydrogen-bond acceptors (Lipinski definition) is 8. The van der Waals surface area contributed by atoms with Crippen LogP contribution in [0.25, 0.3) is 10.4 Å². The fourth-order valence-electron chi connectivity index (χ4n) is 2.62. The second kappa shape index (κ2) is 9.55. The molecule has 0 radical (unpaired) electrons. The van der Waals surface area contributed by atoms with Crippen LogP contribution in [0.2, 0.25) is 0 Å². The van der Waals surface area contributed by atoms with E-state index in [-0.39, 0.29) is 21.0 Å². The van der Waals surface area contributed by atoms with Crippen LogP contribution in [0.3, 0.4) is 0 Å². The Labute approximate surface area is 182 Å². The monoisotopic (exact) mass is 444 g/mol. The number of phenolic OH excluding ortho intramolecular Hbond substituents is 2. The van der Waals surface area contributed by atoms with Crippen molar-refractivity contribution in [2.45, 2.75) is 13.8 Å². The third-order valence-electron chi connectivity index (χ3n) is 3.98. The number of ether oxygens (including phenoxy) is 2. The molecule has 3 rings (SSSR count). The molecule has 0 saturated heterocycles. The molecule has 0 aliphatic carbocycles. The van der Waals surface area contributed by atoms with E-state index in [9.17, 15) is 15.0 Å². The minimum atomic E-state index is -0.389. The third-order valence-corrected chi connectivity index (χ3v) is 5.33. The largest absolute Gasteiger partial charge is 0.504 e. The lowest BCUT2D eigenvalue weighted by atomic mass is 10.1. The number of benzene rings is 2. The SMILES string of the molecule is CCOc1cc(C=Nn2c(=O)cc(-c3ccc(O)c(OCC)c3)sc2=S)ccc1O. The molecule has 9 heteroatoms. The summed E-state index contributed by atoms with van der Waals surface area (Å²) >= 11 is 6.58. The molecule has 2 aromatic carbocycles. The van der Waals surface area contributed by atoms with E-state index in [0.717, 1.165) is 4.68 Å². The van der Waals surface area contributed by atoms with Crippen LogP contribution < -0.4 is 15.0 Å². The Morgan fingerprint density at radius 2 is 1.67 bits per heavy atom. The van der Waals surface area contributed by atoms with E-state index in [2.05, 4.69) is 5.10 Å². The van der Waals surface area contributed by atoms with Gasteiger partial charge in [-0.15, -0.1) is 11.3 Å². The van der Waals surface area contributed by atoms with Gasteiger partial charge in [-0.3, -0.25) is 4.79 Å². The molecule has 1 aromatic heterocycles. The molecule has 0 unspecified atom stereocenters. The van der Waals surface area contributed by atoms with Gasteiger partial charge in [0.2, 0.25) is 0 Å². The summed E-state index contributed by atoms with van der Waals surface area (Å²) < 4.78 is 12.1. The van der Waals surface area contributed by atoms with E-state index in [4.69, 9.17) is 21.7 Å². The summed E-state index contributed by atoms with van der Waals surface area (Å²) in [5.41, 5.74) is 0.965. The zero-order chi connectivity index (χ0) is 21.7. The molecule has 30 heavy (non-hydrogen) atoms. The third kappa shape index (κ3) is 4.87. The average Bonchev–Trinajstić information content (AvgIpc) is 2.71. The Kier molecular flexibility index (Phi) is 6.86. The smallest absolute Gasteiger partial charge is 0.274 e. The Morgan fingerprint density at radius 3 is 2.30 bits per heavy atom. The van der Waals surface area contributed by atoms with Gasteiger partial charge in [-0.05, 0) is 73.6 Å². The van der Waals surface area contributed by atoms with Gasteiger partial charge in [0.05, 0.1) is 19.4 Å². The molecule has 0 saturated carbocycles. The highest BCUT2D eigenvalue weighted by Gasteiger charge is 2.09. The van der Waals surface area contributed by atoms with Gasteiger partial charge in [-0.1, -0.05) is 0 Å². The molecule has 1 heterocycles. The van der Waals surface area contributed by atoms with Crippen molar-refractivity contribution in [1.82, 2.24) is 4.68 Å². The van der Waals surface area contributed by atoms with Gasteiger partial charge in [0.15, 0.2) is 27.0 Å². The number of phenols is 2. The van der Waals surface area contributed by atoms with Gasteiger partial charge in [0, 0.05) is 10.9 Å². The van der Waals surface area contributed by atoms with Crippen molar-refractivity contribution in [1.29, 1.82) is 0 Å². The average molecular weight is 445 g/mol. The predicted molar refractivity (Wildman–Crippen MR) is 120 cm³/mol. The first-order valence-electron chi connectivity index (χ1n) is 9.16. The van der Waals surface area contributed by atoms with Gasteiger partial charge in [0.25, 0.3) is 5.56 Å². The molecule has 7 nitrogen and oxygen atoms in total. The second-order valence-electron chi connectivity index (χ2n) is 6.05. The van der Waals surface area contributed by atoms with Crippen molar-refractivity contribution >= 4 is 29.8 Å². The van der Waals surface area contributed by atoms with Crippen molar-refractivity contribution in [3.05, 3.63) is 62.3 Å². The zero-order valence-corrected chi connectivity index (χ0v) is 18.0. The van der Waals surface area contributed by atoms with Gasteiger partial charge in [-0.25, -0.2) is 0 Å². The maximum atomic E-state index is 12.6. The van der Waals surface area contributed by atoms with E-state index in [0.29, 0.717) is 40.7 Å². The Balaban J connectivity index is 1.93. The van der Waals surface area contributed by atoms with Crippen molar-refractivity contribution in [3.63, 3.8) is 0 Å². The summed E-state index contributed by atoms with van der Waals surface area (Å²) in [5.74, 6) is 0.736. The topological polar surface area (TPSA) is 93.3 Å². The van der Waals surface area contributed by atoms with E-state index < -0.39 is 0 Å². The van der Waals surface area contributed by atoms with Gasteiger partial charge in [0.1, 0.15) is 0 Å². The molecule has 2 N–H and O–H groups in total. The fraction of sp³-hybridized carbons (Fsp3) is 0.190. The zero-order valence-electron chi connectivity index (χ0n) is 16.4. The lowest BCUT2D eigenvalue weighted by molar-refractivity contribution is 0.318. The van der Waals surface area contributed by atoms with Gasteiger partial charge < -0.3 is 19.7 Å². The Morgan fingerprint density at radius 1 is 1.03 bits per heavy atom. The molecule has 0 amide bonds. The summed E-state index contributed by atoms with van der Waals surface area (Å²) in [7, 11) is 0. The second-order valence-corrected chi connectivity index (χ2v) is 7.72. The first-order chi connectivity index (χ1) is 14.4. The predicted octanol–water partition coefficient (Wildman–Crippen LogP) is 4.40. The number of nitrogens with zero attached hydrogens (tertiary/aromatic N) is 2. The minimum Gasteiger partial charge on any atom is -0.504 e. The fourth-order valence-corrected chi connectivity index (χ4v) is 3.84. The lowest BCUT2D eigenvalue weighted by Crippen LogP contribution is -2.15. The first kappa shape index (κ1) is 21.5.